The largest absolute Gasteiger partial charge is 0.388 e. The van der Waals surface area contributed by atoms with Gasteiger partial charge in [-0.1, -0.05) is 11.6 Å². The van der Waals surface area contributed by atoms with Crippen molar-refractivity contribution in [2.45, 2.75) is 18.4 Å². The van der Waals surface area contributed by atoms with Crippen LogP contribution in [0.4, 0.5) is 0 Å². The number of rotatable bonds is 2. The quantitative estimate of drug-likeness (QED) is 0.849. The van der Waals surface area contributed by atoms with Gasteiger partial charge in [-0.05, 0) is 37.1 Å². The number of hydrogen-bond acceptors (Lipinski definition) is 3. The van der Waals surface area contributed by atoms with Crippen LogP contribution in [0, 0.1) is 0 Å². The van der Waals surface area contributed by atoms with Crippen LogP contribution in [0.25, 0.3) is 0 Å². The summed E-state index contributed by atoms with van der Waals surface area (Å²) < 4.78 is 0. The average molecular weight is 269 g/mol. The highest BCUT2D eigenvalue weighted by Gasteiger charge is 2.32. The first kappa shape index (κ1) is 13.3. The van der Waals surface area contributed by atoms with Crippen LogP contribution in [-0.4, -0.2) is 41.1 Å². The summed E-state index contributed by atoms with van der Waals surface area (Å²) in [7, 11) is 0. The van der Waals surface area contributed by atoms with Gasteiger partial charge in [0, 0.05) is 30.2 Å². The first-order valence-corrected chi connectivity index (χ1v) is 6.39. The van der Waals surface area contributed by atoms with E-state index in [2.05, 4.69) is 0 Å². The van der Waals surface area contributed by atoms with Gasteiger partial charge in [0.05, 0.1) is 5.60 Å². The predicted molar refractivity (Wildman–Crippen MR) is 70.6 cm³/mol. The van der Waals surface area contributed by atoms with Crippen LogP contribution < -0.4 is 5.73 Å². The van der Waals surface area contributed by atoms with Gasteiger partial charge in [-0.3, -0.25) is 4.79 Å². The molecular weight excluding hydrogens is 252 g/mol. The monoisotopic (exact) mass is 268 g/mol. The minimum absolute atomic E-state index is 0.0225. The highest BCUT2D eigenvalue weighted by molar-refractivity contribution is 6.30. The molecule has 0 aromatic heterocycles. The maximum Gasteiger partial charge on any atom is 0.253 e. The van der Waals surface area contributed by atoms with Crippen molar-refractivity contribution in [3.8, 4) is 0 Å². The number of hydrogen-bond donors (Lipinski definition) is 2. The predicted octanol–water partition coefficient (Wildman–Crippen LogP) is 1.27. The van der Waals surface area contributed by atoms with Gasteiger partial charge >= 0.3 is 0 Å². The Bertz CT molecular complexity index is 425. The number of amides is 1. The summed E-state index contributed by atoms with van der Waals surface area (Å²) in [5.74, 6) is -0.0225. The molecule has 0 aliphatic carbocycles. The Morgan fingerprint density at radius 3 is 2.39 bits per heavy atom. The number of aliphatic hydroxyl groups is 1. The maximum atomic E-state index is 12.2. The van der Waals surface area contributed by atoms with Crippen LogP contribution in [0.15, 0.2) is 24.3 Å². The van der Waals surface area contributed by atoms with Gasteiger partial charge < -0.3 is 15.7 Å². The fraction of sp³-hybridized carbons (Fsp3) is 0.462. The van der Waals surface area contributed by atoms with Crippen LogP contribution >= 0.6 is 11.6 Å². The molecule has 18 heavy (non-hydrogen) atoms. The van der Waals surface area contributed by atoms with E-state index in [1.165, 1.54) is 0 Å². The Balaban J connectivity index is 2.01. The second kappa shape index (κ2) is 5.26. The fourth-order valence-electron chi connectivity index (χ4n) is 2.11. The summed E-state index contributed by atoms with van der Waals surface area (Å²) in [6.07, 6.45) is 1.06. The lowest BCUT2D eigenvalue weighted by Gasteiger charge is -2.37. The number of benzene rings is 1. The Morgan fingerprint density at radius 1 is 1.33 bits per heavy atom. The number of halogens is 1. The maximum absolute atomic E-state index is 12.2. The van der Waals surface area contributed by atoms with E-state index in [4.69, 9.17) is 17.3 Å². The highest BCUT2D eigenvalue weighted by atomic mass is 35.5. The van der Waals surface area contributed by atoms with Crippen molar-refractivity contribution in [1.82, 2.24) is 4.90 Å². The van der Waals surface area contributed by atoms with Gasteiger partial charge in [-0.2, -0.15) is 0 Å². The van der Waals surface area contributed by atoms with E-state index in [1.807, 2.05) is 0 Å². The molecule has 2 rings (SSSR count). The van der Waals surface area contributed by atoms with Crippen LogP contribution in [0.3, 0.4) is 0 Å². The second-order valence-corrected chi connectivity index (χ2v) is 5.16. The molecule has 1 aromatic carbocycles. The van der Waals surface area contributed by atoms with Gasteiger partial charge in [0.1, 0.15) is 0 Å². The Kier molecular flexibility index (Phi) is 3.90. The minimum Gasteiger partial charge on any atom is -0.388 e. The molecule has 1 aliphatic heterocycles. The first-order chi connectivity index (χ1) is 8.54. The van der Waals surface area contributed by atoms with Gasteiger partial charge in [0.15, 0.2) is 0 Å². The molecule has 1 amide bonds. The number of carbonyl (C=O) groups is 1. The summed E-state index contributed by atoms with van der Waals surface area (Å²) in [5, 5.41) is 10.6. The molecule has 1 heterocycles. The van der Waals surface area contributed by atoms with Crippen LogP contribution in [0.5, 0.6) is 0 Å². The summed E-state index contributed by atoms with van der Waals surface area (Å²) in [6, 6.07) is 6.84. The molecule has 1 saturated heterocycles. The summed E-state index contributed by atoms with van der Waals surface area (Å²) in [4.78, 5) is 13.9. The molecular formula is C13H17ClN2O2. The lowest BCUT2D eigenvalue weighted by atomic mass is 9.91. The third-order valence-corrected chi connectivity index (χ3v) is 3.70. The minimum atomic E-state index is -0.809. The normalized spacial score (nSPS) is 18.7. The Labute approximate surface area is 111 Å². The summed E-state index contributed by atoms with van der Waals surface area (Å²) in [5.41, 5.74) is 5.33. The number of nitrogens with two attached hydrogens (primary N) is 1. The molecule has 1 aliphatic rings. The van der Waals surface area contributed by atoms with Crippen LogP contribution in [0.1, 0.15) is 23.2 Å². The molecule has 1 fully saturated rings. The first-order valence-electron chi connectivity index (χ1n) is 6.01. The number of carbonyl (C=O) groups excluding carboxylic acids is 1. The molecule has 3 N–H and O–H groups in total. The lowest BCUT2D eigenvalue weighted by Crippen LogP contribution is -2.50. The number of likely N-dealkylation sites (tertiary alicyclic amines) is 1. The van der Waals surface area contributed by atoms with E-state index >= 15 is 0 Å². The van der Waals surface area contributed by atoms with E-state index < -0.39 is 5.60 Å². The van der Waals surface area contributed by atoms with Crippen molar-refractivity contribution in [2.24, 2.45) is 5.73 Å². The SMILES string of the molecule is NCC1(O)CCN(C(=O)c2ccc(Cl)cc2)CC1. The standard InChI is InChI=1S/C13H17ClN2O2/c14-11-3-1-10(2-4-11)12(17)16-7-5-13(18,9-15)6-8-16/h1-4,18H,5-9,15H2. The lowest BCUT2D eigenvalue weighted by molar-refractivity contribution is -0.00951. The zero-order valence-electron chi connectivity index (χ0n) is 10.1. The molecule has 5 heteroatoms. The van der Waals surface area contributed by atoms with Crippen molar-refractivity contribution in [2.75, 3.05) is 19.6 Å². The van der Waals surface area contributed by atoms with Crippen molar-refractivity contribution >= 4 is 17.5 Å². The van der Waals surface area contributed by atoms with Crippen molar-refractivity contribution in [3.05, 3.63) is 34.9 Å². The van der Waals surface area contributed by atoms with E-state index in [0.29, 0.717) is 36.5 Å². The third-order valence-electron chi connectivity index (χ3n) is 3.45. The van der Waals surface area contributed by atoms with E-state index in [0.717, 1.165) is 0 Å². The molecule has 1 aromatic rings. The van der Waals surface area contributed by atoms with Crippen molar-refractivity contribution in [3.63, 3.8) is 0 Å². The van der Waals surface area contributed by atoms with Gasteiger partial charge in [-0.25, -0.2) is 0 Å². The molecule has 0 saturated carbocycles. The topological polar surface area (TPSA) is 66.6 Å². The molecule has 98 valence electrons. The summed E-state index contributed by atoms with van der Waals surface area (Å²) in [6.45, 7) is 1.32. The van der Waals surface area contributed by atoms with Gasteiger partial charge in [0.25, 0.3) is 5.91 Å². The molecule has 0 bridgehead atoms. The Hall–Kier alpha value is -1.10. The molecule has 0 spiro atoms. The number of nitrogens with zero attached hydrogens (tertiary/aromatic N) is 1. The van der Waals surface area contributed by atoms with Crippen LogP contribution in [-0.2, 0) is 0 Å². The van der Waals surface area contributed by atoms with E-state index in [9.17, 15) is 9.90 Å². The molecule has 0 atom stereocenters. The van der Waals surface area contributed by atoms with E-state index in [1.54, 1.807) is 29.2 Å². The van der Waals surface area contributed by atoms with Gasteiger partial charge in [0.2, 0.25) is 0 Å². The Morgan fingerprint density at radius 2 is 1.89 bits per heavy atom. The summed E-state index contributed by atoms with van der Waals surface area (Å²) >= 11 is 5.79. The number of piperidine rings is 1. The smallest absolute Gasteiger partial charge is 0.253 e. The molecule has 0 radical (unpaired) electrons. The average Bonchev–Trinajstić information content (AvgIpc) is 2.40. The van der Waals surface area contributed by atoms with Crippen molar-refractivity contribution < 1.29 is 9.90 Å². The van der Waals surface area contributed by atoms with E-state index in [-0.39, 0.29) is 12.5 Å². The highest BCUT2D eigenvalue weighted by Crippen LogP contribution is 2.22. The third kappa shape index (κ3) is 2.83. The fourth-order valence-corrected chi connectivity index (χ4v) is 2.23. The zero-order valence-corrected chi connectivity index (χ0v) is 10.9. The zero-order chi connectivity index (χ0) is 13.2. The molecule has 4 nitrogen and oxygen atoms in total. The second-order valence-electron chi connectivity index (χ2n) is 4.73. The van der Waals surface area contributed by atoms with Crippen molar-refractivity contribution in [1.29, 1.82) is 0 Å². The van der Waals surface area contributed by atoms with Crippen LogP contribution in [0.2, 0.25) is 5.02 Å². The molecule has 0 unspecified atom stereocenters. The van der Waals surface area contributed by atoms with Gasteiger partial charge in [-0.15, -0.1) is 0 Å².